The van der Waals surface area contributed by atoms with Gasteiger partial charge in [-0.05, 0) is 6.42 Å². The molecule has 8 nitrogen and oxygen atoms in total. The van der Waals surface area contributed by atoms with Crippen molar-refractivity contribution in [1.82, 2.24) is 29.7 Å². The molecular weight excluding hydrogens is 260 g/mol. The Bertz CT molecular complexity index is 839. The minimum absolute atomic E-state index is 0.268. The molecule has 0 spiro atoms. The van der Waals surface area contributed by atoms with Gasteiger partial charge in [-0.25, -0.2) is 9.78 Å². The molecule has 0 saturated heterocycles. The molecule has 8 heteroatoms. The summed E-state index contributed by atoms with van der Waals surface area (Å²) in [6.45, 7) is 2.41. The summed E-state index contributed by atoms with van der Waals surface area (Å²) in [6, 6.07) is 0. The van der Waals surface area contributed by atoms with Crippen molar-refractivity contribution in [3.05, 3.63) is 33.2 Å². The van der Waals surface area contributed by atoms with Crippen LogP contribution in [0.5, 0.6) is 0 Å². The van der Waals surface area contributed by atoms with Gasteiger partial charge < -0.3 is 4.98 Å². The van der Waals surface area contributed by atoms with Crippen LogP contribution in [-0.2, 0) is 6.54 Å². The van der Waals surface area contributed by atoms with Crippen LogP contribution in [0.3, 0.4) is 0 Å². The third-order valence-electron chi connectivity index (χ3n) is 3.14. The summed E-state index contributed by atoms with van der Waals surface area (Å²) in [5, 5.41) is 6.50. The van der Waals surface area contributed by atoms with Gasteiger partial charge in [0.05, 0.1) is 11.8 Å². The van der Waals surface area contributed by atoms with E-state index in [1.54, 1.807) is 12.4 Å². The van der Waals surface area contributed by atoms with E-state index in [0.29, 0.717) is 17.9 Å². The third-order valence-corrected chi connectivity index (χ3v) is 3.14. The molecule has 0 fully saturated rings. The van der Waals surface area contributed by atoms with Crippen molar-refractivity contribution in [1.29, 1.82) is 0 Å². The fourth-order valence-electron chi connectivity index (χ4n) is 2.05. The zero-order valence-electron chi connectivity index (χ0n) is 10.9. The molecule has 0 radical (unpaired) electrons. The maximum absolute atomic E-state index is 12.3. The summed E-state index contributed by atoms with van der Waals surface area (Å²) < 4.78 is 1.20. The van der Waals surface area contributed by atoms with Crippen molar-refractivity contribution in [3.63, 3.8) is 0 Å². The van der Waals surface area contributed by atoms with E-state index < -0.39 is 5.69 Å². The van der Waals surface area contributed by atoms with Crippen LogP contribution in [0, 0.1) is 0 Å². The first-order valence-corrected chi connectivity index (χ1v) is 6.42. The highest BCUT2D eigenvalue weighted by Crippen LogP contribution is 2.14. The zero-order valence-corrected chi connectivity index (χ0v) is 10.9. The fourth-order valence-corrected chi connectivity index (χ4v) is 2.05. The van der Waals surface area contributed by atoms with Crippen LogP contribution < -0.4 is 11.2 Å². The Hall–Kier alpha value is -2.64. The highest BCUT2D eigenvalue weighted by molar-refractivity contribution is 5.74. The minimum atomic E-state index is -0.429. The first kappa shape index (κ1) is 12.4. The molecule has 3 rings (SSSR count). The lowest BCUT2D eigenvalue weighted by molar-refractivity contribution is 0.588. The molecule has 0 atom stereocenters. The van der Waals surface area contributed by atoms with E-state index in [1.807, 2.05) is 6.92 Å². The molecule has 3 aromatic heterocycles. The highest BCUT2D eigenvalue weighted by Gasteiger charge is 2.13. The quantitative estimate of drug-likeness (QED) is 0.646. The molecule has 0 saturated carbocycles. The molecule has 3 N–H and O–H groups in total. The third kappa shape index (κ3) is 1.94. The van der Waals surface area contributed by atoms with Gasteiger partial charge in [0.1, 0.15) is 11.3 Å². The predicted octanol–water partition coefficient (Wildman–Crippen LogP) is 0.603. The smallest absolute Gasteiger partial charge is 0.330 e. The second-order valence-electron chi connectivity index (χ2n) is 4.54. The number of imidazole rings is 1. The van der Waals surface area contributed by atoms with Gasteiger partial charge in [0.25, 0.3) is 5.56 Å². The van der Waals surface area contributed by atoms with Gasteiger partial charge in [-0.2, -0.15) is 5.10 Å². The second kappa shape index (κ2) is 4.80. The molecule has 0 amide bonds. The average Bonchev–Trinajstić information content (AvgIpc) is 3.06. The summed E-state index contributed by atoms with van der Waals surface area (Å²) >= 11 is 0. The largest absolute Gasteiger partial charge is 0.332 e. The van der Waals surface area contributed by atoms with E-state index in [0.717, 1.165) is 18.4 Å². The summed E-state index contributed by atoms with van der Waals surface area (Å²) in [5.41, 5.74) is 0.517. The van der Waals surface area contributed by atoms with Crippen molar-refractivity contribution >= 4 is 11.2 Å². The maximum Gasteiger partial charge on any atom is 0.330 e. The monoisotopic (exact) mass is 274 g/mol. The molecule has 3 heterocycles. The number of aromatic nitrogens is 6. The van der Waals surface area contributed by atoms with E-state index in [9.17, 15) is 9.59 Å². The summed E-state index contributed by atoms with van der Waals surface area (Å²) in [5.74, 6) is 0.495. The number of H-pyrrole nitrogens is 3. The number of hydrogen-bond acceptors (Lipinski definition) is 4. The molecule has 3 aromatic rings. The van der Waals surface area contributed by atoms with Crippen LogP contribution in [0.2, 0.25) is 0 Å². The maximum atomic E-state index is 12.3. The van der Waals surface area contributed by atoms with Crippen molar-refractivity contribution in [2.45, 2.75) is 26.3 Å². The van der Waals surface area contributed by atoms with E-state index in [2.05, 4.69) is 25.1 Å². The Morgan fingerprint density at radius 3 is 2.85 bits per heavy atom. The number of fused-ring (bicyclic) bond motifs is 1. The van der Waals surface area contributed by atoms with Crippen LogP contribution in [0.15, 0.2) is 22.0 Å². The standard InChI is InChI=1S/C12H14N6O2/c1-2-3-4-18-11(19)8-10(17-12(18)20)16-9(15-8)7-5-13-14-6-7/h5-6H,2-4H2,1H3,(H,13,14)(H,15,16)(H,17,20). The van der Waals surface area contributed by atoms with Crippen LogP contribution in [0.4, 0.5) is 0 Å². The topological polar surface area (TPSA) is 112 Å². The molecule has 0 unspecified atom stereocenters. The Balaban J connectivity index is 2.17. The number of nitrogens with zero attached hydrogens (tertiary/aromatic N) is 3. The first-order valence-electron chi connectivity index (χ1n) is 6.42. The first-order chi connectivity index (χ1) is 9.70. The summed E-state index contributed by atoms with van der Waals surface area (Å²) in [7, 11) is 0. The van der Waals surface area contributed by atoms with Crippen LogP contribution in [0.1, 0.15) is 19.8 Å². The number of rotatable bonds is 4. The summed E-state index contributed by atoms with van der Waals surface area (Å²) in [6.07, 6.45) is 4.93. The van der Waals surface area contributed by atoms with Gasteiger partial charge >= 0.3 is 5.69 Å². The molecule has 20 heavy (non-hydrogen) atoms. The lowest BCUT2D eigenvalue weighted by Crippen LogP contribution is -2.35. The second-order valence-corrected chi connectivity index (χ2v) is 4.54. The van der Waals surface area contributed by atoms with Gasteiger partial charge in [0.2, 0.25) is 0 Å². The predicted molar refractivity (Wildman–Crippen MR) is 73.5 cm³/mol. The SMILES string of the molecule is CCCCn1c(=O)[nH]c2nc(-c3cn[nH]c3)[nH]c2c1=O. The van der Waals surface area contributed by atoms with E-state index in [4.69, 9.17) is 0 Å². The fraction of sp³-hybridized carbons (Fsp3) is 0.333. The van der Waals surface area contributed by atoms with Crippen LogP contribution in [0.25, 0.3) is 22.6 Å². The number of unbranched alkanes of at least 4 members (excludes halogenated alkanes) is 1. The number of aromatic amines is 3. The molecule has 0 aliphatic heterocycles. The Kier molecular flexibility index (Phi) is 2.97. The van der Waals surface area contributed by atoms with Crippen LogP contribution >= 0.6 is 0 Å². The van der Waals surface area contributed by atoms with Gasteiger partial charge in [0.15, 0.2) is 5.65 Å². The number of hydrogen-bond donors (Lipinski definition) is 3. The van der Waals surface area contributed by atoms with E-state index in [-0.39, 0.29) is 11.2 Å². The average molecular weight is 274 g/mol. The zero-order chi connectivity index (χ0) is 14.1. The van der Waals surface area contributed by atoms with Gasteiger partial charge in [-0.3, -0.25) is 19.4 Å². The van der Waals surface area contributed by atoms with Gasteiger partial charge in [-0.15, -0.1) is 0 Å². The Morgan fingerprint density at radius 2 is 2.15 bits per heavy atom. The number of nitrogens with one attached hydrogen (secondary N) is 3. The Morgan fingerprint density at radius 1 is 1.30 bits per heavy atom. The van der Waals surface area contributed by atoms with Crippen molar-refractivity contribution < 1.29 is 0 Å². The molecular formula is C12H14N6O2. The van der Waals surface area contributed by atoms with E-state index >= 15 is 0 Å². The van der Waals surface area contributed by atoms with Gasteiger partial charge in [-0.1, -0.05) is 13.3 Å². The van der Waals surface area contributed by atoms with Gasteiger partial charge in [0, 0.05) is 12.7 Å². The molecule has 0 bridgehead atoms. The molecule has 0 aliphatic carbocycles. The lowest BCUT2D eigenvalue weighted by Gasteiger charge is -2.01. The van der Waals surface area contributed by atoms with Crippen molar-refractivity contribution in [2.75, 3.05) is 0 Å². The highest BCUT2D eigenvalue weighted by atomic mass is 16.2. The minimum Gasteiger partial charge on any atom is -0.332 e. The summed E-state index contributed by atoms with van der Waals surface area (Å²) in [4.78, 5) is 34.0. The van der Waals surface area contributed by atoms with E-state index in [1.165, 1.54) is 4.57 Å². The molecule has 0 aromatic carbocycles. The van der Waals surface area contributed by atoms with Crippen molar-refractivity contribution in [3.8, 4) is 11.4 Å². The van der Waals surface area contributed by atoms with Crippen molar-refractivity contribution in [2.24, 2.45) is 0 Å². The molecule has 0 aliphatic rings. The Labute approximate surface area is 112 Å². The normalized spacial score (nSPS) is 11.2. The van der Waals surface area contributed by atoms with Crippen LogP contribution in [-0.4, -0.2) is 29.7 Å². The lowest BCUT2D eigenvalue weighted by atomic mass is 10.3. The molecule has 104 valence electrons.